The highest BCUT2D eigenvalue weighted by Gasteiger charge is 1.92. The van der Waals surface area contributed by atoms with Gasteiger partial charge in [0.2, 0.25) is 0 Å². The molecule has 0 unspecified atom stereocenters. The Morgan fingerprint density at radius 3 is 2.00 bits per heavy atom. The first kappa shape index (κ1) is 16.3. The summed E-state index contributed by atoms with van der Waals surface area (Å²) in [5.41, 5.74) is 0. The van der Waals surface area contributed by atoms with E-state index in [9.17, 15) is 0 Å². The summed E-state index contributed by atoms with van der Waals surface area (Å²) in [6, 6.07) is 0. The molecule has 3 nitrogen and oxygen atoms in total. The molecule has 6 heteroatoms. The van der Waals surface area contributed by atoms with Gasteiger partial charge in [0.1, 0.15) is 0 Å². The number of hydrogen-bond donors (Lipinski definition) is 2. The average molecular weight is 195 g/mol. The van der Waals surface area contributed by atoms with E-state index >= 15 is 0 Å². The fourth-order valence-corrected chi connectivity index (χ4v) is 0.358. The maximum atomic E-state index is 8.03. The summed E-state index contributed by atoms with van der Waals surface area (Å²) in [5, 5.41) is 0. The first-order valence-electron chi connectivity index (χ1n) is 1.69. The third-order valence-electron chi connectivity index (χ3n) is 0.308. The van der Waals surface area contributed by atoms with Crippen molar-refractivity contribution in [3.63, 3.8) is 0 Å². The number of hydrogen-bond acceptors (Lipinski definition) is 3. The van der Waals surface area contributed by atoms with Gasteiger partial charge < -0.3 is 14.3 Å². The maximum absolute atomic E-state index is 8.03. The normalized spacial score (nSPS) is 7.44. The zero-order chi connectivity index (χ0) is 5.70. The summed E-state index contributed by atoms with van der Waals surface area (Å²) >= 11 is 0. The molecule has 0 aromatic rings. The Bertz CT molecular complexity index is 61.0. The fourth-order valence-electron chi connectivity index (χ4n) is 0.119. The Kier molecular flexibility index (Phi) is 20.7. The topological polar surface area (TPSA) is 49.7 Å². The Morgan fingerprint density at radius 2 is 1.89 bits per heavy atom. The zero-order valence-corrected chi connectivity index (χ0v) is 7.09. The Balaban J connectivity index is -0.000000180. The number of rotatable bonds is 3. The first-order valence-corrected chi connectivity index (χ1v) is 2.85. The van der Waals surface area contributed by atoms with Crippen LogP contribution in [0.15, 0.2) is 12.7 Å². The SMILES string of the molecule is C=CCOP(O)O.Cl.Cl. The number of halogens is 2. The Morgan fingerprint density at radius 1 is 1.44 bits per heavy atom. The van der Waals surface area contributed by atoms with E-state index < -0.39 is 8.60 Å². The van der Waals surface area contributed by atoms with Crippen LogP contribution in [0.3, 0.4) is 0 Å². The predicted molar refractivity (Wildman–Crippen MR) is 42.0 cm³/mol. The van der Waals surface area contributed by atoms with Gasteiger partial charge in [-0.2, -0.15) is 0 Å². The molecule has 0 spiro atoms. The predicted octanol–water partition coefficient (Wildman–Crippen LogP) is 1.24. The third-order valence-corrected chi connectivity index (χ3v) is 0.688. The van der Waals surface area contributed by atoms with Crippen LogP contribution < -0.4 is 0 Å². The van der Waals surface area contributed by atoms with E-state index in [1.807, 2.05) is 0 Å². The van der Waals surface area contributed by atoms with Gasteiger partial charge in [-0.3, -0.25) is 0 Å². The molecule has 0 aromatic heterocycles. The monoisotopic (exact) mass is 194 g/mol. The van der Waals surface area contributed by atoms with E-state index in [-0.39, 0.29) is 31.4 Å². The second kappa shape index (κ2) is 11.4. The Hall–Kier alpha value is 0.630. The summed E-state index contributed by atoms with van der Waals surface area (Å²) in [6.45, 7) is 3.49. The van der Waals surface area contributed by atoms with Crippen LogP contribution in [0.1, 0.15) is 0 Å². The molecule has 0 bridgehead atoms. The molecule has 0 amide bonds. The van der Waals surface area contributed by atoms with Crippen molar-refractivity contribution < 1.29 is 14.3 Å². The van der Waals surface area contributed by atoms with Crippen molar-refractivity contribution in [3.8, 4) is 0 Å². The summed E-state index contributed by atoms with van der Waals surface area (Å²) in [7, 11) is -2.18. The standard InChI is InChI=1S/C3H7O3P.2ClH/c1-2-3-6-7(4)5;;/h2,4-5H,1,3H2;2*1H. The molecule has 0 fully saturated rings. The fraction of sp³-hybridized carbons (Fsp3) is 0.333. The molecular weight excluding hydrogens is 186 g/mol. The molecule has 0 saturated carbocycles. The van der Waals surface area contributed by atoms with E-state index in [1.54, 1.807) is 0 Å². The van der Waals surface area contributed by atoms with Crippen molar-refractivity contribution in [2.75, 3.05) is 6.61 Å². The molecule has 2 N–H and O–H groups in total. The van der Waals surface area contributed by atoms with E-state index in [2.05, 4.69) is 11.1 Å². The van der Waals surface area contributed by atoms with Crippen LogP contribution in [0.2, 0.25) is 0 Å². The highest BCUT2D eigenvalue weighted by Crippen LogP contribution is 2.23. The van der Waals surface area contributed by atoms with Crippen molar-refractivity contribution in [2.24, 2.45) is 0 Å². The highest BCUT2D eigenvalue weighted by molar-refractivity contribution is 7.39. The molecule has 9 heavy (non-hydrogen) atoms. The van der Waals surface area contributed by atoms with Crippen molar-refractivity contribution >= 4 is 33.4 Å². The van der Waals surface area contributed by atoms with Crippen LogP contribution in [0.5, 0.6) is 0 Å². The van der Waals surface area contributed by atoms with Gasteiger partial charge in [-0.05, 0) is 0 Å². The smallest absolute Gasteiger partial charge is 0.327 e. The largest absolute Gasteiger partial charge is 0.328 e. The van der Waals surface area contributed by atoms with Gasteiger partial charge in [-0.1, -0.05) is 6.08 Å². The van der Waals surface area contributed by atoms with Gasteiger partial charge in [0.05, 0.1) is 6.61 Å². The molecule has 0 atom stereocenters. The van der Waals surface area contributed by atoms with Crippen LogP contribution in [-0.4, -0.2) is 16.4 Å². The molecule has 0 aliphatic carbocycles. The molecule has 0 rings (SSSR count). The summed E-state index contributed by atoms with van der Waals surface area (Å²) < 4.78 is 4.25. The molecule has 0 heterocycles. The van der Waals surface area contributed by atoms with Crippen molar-refractivity contribution in [2.45, 2.75) is 0 Å². The minimum absolute atomic E-state index is 0. The van der Waals surface area contributed by atoms with Crippen LogP contribution in [0.25, 0.3) is 0 Å². The van der Waals surface area contributed by atoms with Gasteiger partial charge >= 0.3 is 8.60 Å². The van der Waals surface area contributed by atoms with Crippen LogP contribution in [0, 0.1) is 0 Å². The lowest BCUT2D eigenvalue weighted by molar-refractivity contribution is 0.282. The lowest BCUT2D eigenvalue weighted by Crippen LogP contribution is -1.80. The Labute approximate surface area is 67.5 Å². The van der Waals surface area contributed by atoms with E-state index in [1.165, 1.54) is 6.08 Å². The summed E-state index contributed by atoms with van der Waals surface area (Å²) in [5.74, 6) is 0. The van der Waals surface area contributed by atoms with Gasteiger partial charge in [-0.25, -0.2) is 0 Å². The van der Waals surface area contributed by atoms with E-state index in [4.69, 9.17) is 9.79 Å². The van der Waals surface area contributed by atoms with Gasteiger partial charge in [-0.15, -0.1) is 31.4 Å². The quantitative estimate of drug-likeness (QED) is 0.526. The summed E-state index contributed by atoms with van der Waals surface area (Å²) in [6.07, 6.45) is 1.45. The lowest BCUT2D eigenvalue weighted by atomic mass is 10.7. The van der Waals surface area contributed by atoms with Crippen LogP contribution in [0.4, 0.5) is 0 Å². The van der Waals surface area contributed by atoms with Gasteiger partial charge in [0.15, 0.2) is 0 Å². The van der Waals surface area contributed by atoms with Crippen LogP contribution in [-0.2, 0) is 4.52 Å². The van der Waals surface area contributed by atoms with Crippen LogP contribution >= 0.6 is 33.4 Å². The summed E-state index contributed by atoms with van der Waals surface area (Å²) in [4.78, 5) is 16.1. The molecule has 58 valence electrons. The first-order chi connectivity index (χ1) is 3.27. The molecule has 0 aliphatic rings. The van der Waals surface area contributed by atoms with Crippen molar-refractivity contribution in [1.82, 2.24) is 0 Å². The lowest BCUT2D eigenvalue weighted by Gasteiger charge is -1.96. The third kappa shape index (κ3) is 17.7. The van der Waals surface area contributed by atoms with Crippen molar-refractivity contribution in [3.05, 3.63) is 12.7 Å². The van der Waals surface area contributed by atoms with E-state index in [0.717, 1.165) is 0 Å². The highest BCUT2D eigenvalue weighted by atomic mass is 35.5. The molecule has 0 aliphatic heterocycles. The second-order valence-electron chi connectivity index (χ2n) is 0.837. The van der Waals surface area contributed by atoms with E-state index in [0.29, 0.717) is 0 Å². The second-order valence-corrected chi connectivity index (χ2v) is 1.60. The molecule has 0 radical (unpaired) electrons. The minimum Gasteiger partial charge on any atom is -0.328 e. The average Bonchev–Trinajstić information content (AvgIpc) is 1.61. The van der Waals surface area contributed by atoms with Gasteiger partial charge in [0.25, 0.3) is 0 Å². The molecule has 0 saturated heterocycles. The molecular formula is C3H9Cl2O3P. The van der Waals surface area contributed by atoms with Gasteiger partial charge in [0, 0.05) is 0 Å². The molecule has 0 aromatic carbocycles. The minimum atomic E-state index is -2.18. The maximum Gasteiger partial charge on any atom is 0.327 e. The van der Waals surface area contributed by atoms with Crippen molar-refractivity contribution in [1.29, 1.82) is 0 Å². The zero-order valence-electron chi connectivity index (χ0n) is 4.56.